The molecule has 0 radical (unpaired) electrons. The fourth-order valence-corrected chi connectivity index (χ4v) is 6.59. The van der Waals surface area contributed by atoms with E-state index in [1.807, 2.05) is 48.5 Å². The van der Waals surface area contributed by atoms with Crippen LogP contribution in [0.2, 0.25) is 0 Å². The van der Waals surface area contributed by atoms with Crippen molar-refractivity contribution in [3.63, 3.8) is 0 Å². The number of nitrogens with two attached hydrogens (primary N) is 1. The van der Waals surface area contributed by atoms with Gasteiger partial charge in [-0.15, -0.1) is 11.8 Å². The van der Waals surface area contributed by atoms with E-state index in [1.54, 1.807) is 11.8 Å². The van der Waals surface area contributed by atoms with Crippen LogP contribution in [0.1, 0.15) is 37.7 Å². The number of methoxy groups -OCH3 is 1. The van der Waals surface area contributed by atoms with Gasteiger partial charge in [-0.2, -0.15) is 0 Å². The van der Waals surface area contributed by atoms with Crippen LogP contribution in [0.5, 0.6) is 0 Å². The highest BCUT2D eigenvalue weighted by atomic mass is 32.2. The van der Waals surface area contributed by atoms with E-state index in [9.17, 15) is 4.79 Å². The van der Waals surface area contributed by atoms with Gasteiger partial charge in [-0.25, -0.2) is 4.98 Å². The first-order valence-corrected chi connectivity index (χ1v) is 13.1. The number of rotatable bonds is 6. The van der Waals surface area contributed by atoms with Gasteiger partial charge in [-0.3, -0.25) is 4.79 Å². The van der Waals surface area contributed by atoms with E-state index in [0.717, 1.165) is 58.6 Å². The summed E-state index contributed by atoms with van der Waals surface area (Å²) in [5, 5.41) is 12.2. The number of para-hydroxylation sites is 2. The Balaban J connectivity index is 1.22. The number of aromatic nitrogens is 2. The van der Waals surface area contributed by atoms with E-state index in [-0.39, 0.29) is 11.9 Å². The van der Waals surface area contributed by atoms with Crippen LogP contribution in [0.3, 0.4) is 0 Å². The van der Waals surface area contributed by atoms with Crippen molar-refractivity contribution in [1.82, 2.24) is 9.97 Å². The molecule has 2 aliphatic rings. The Labute approximate surface area is 209 Å². The molecule has 3 aromatic rings. The number of ether oxygens (including phenoxy) is 1. The third-order valence-electron chi connectivity index (χ3n) is 7.26. The van der Waals surface area contributed by atoms with Crippen molar-refractivity contribution >= 4 is 51.8 Å². The second kappa shape index (κ2) is 10.2. The Bertz CT molecular complexity index is 1230. The summed E-state index contributed by atoms with van der Waals surface area (Å²) in [5.74, 6) is 2.63. The van der Waals surface area contributed by atoms with Crippen molar-refractivity contribution in [3.05, 3.63) is 59.0 Å². The number of thioether (sulfide) groups is 1. The lowest BCUT2D eigenvalue weighted by molar-refractivity contribution is -0.142. The Morgan fingerprint density at radius 3 is 2.63 bits per heavy atom. The van der Waals surface area contributed by atoms with Gasteiger partial charge < -0.3 is 26.2 Å². The topological polar surface area (TPSA) is 117 Å². The van der Waals surface area contributed by atoms with Gasteiger partial charge in [0.2, 0.25) is 5.95 Å². The molecule has 1 unspecified atom stereocenters. The largest absolute Gasteiger partial charge is 0.469 e. The summed E-state index contributed by atoms with van der Waals surface area (Å²) >= 11 is 1.70. The van der Waals surface area contributed by atoms with Gasteiger partial charge in [0.05, 0.1) is 34.5 Å². The van der Waals surface area contributed by atoms with Gasteiger partial charge in [0.1, 0.15) is 0 Å². The zero-order valence-corrected chi connectivity index (χ0v) is 20.7. The molecular formula is C27H31N5O2S. The normalized spacial score (nSPS) is 23.9. The molecule has 2 heterocycles. The van der Waals surface area contributed by atoms with Crippen molar-refractivity contribution in [3.8, 4) is 0 Å². The van der Waals surface area contributed by atoms with Gasteiger partial charge >= 0.3 is 5.97 Å². The molecular weight excluding hydrogens is 458 g/mol. The number of allylic oxidation sites excluding steroid dienone is 1. The van der Waals surface area contributed by atoms with Crippen LogP contribution in [-0.4, -0.2) is 34.5 Å². The SMILES string of the molecule is COC(=O)CC1CCC(C2CS/C(=C(/N)c3ccc(Nc4nc5ccccc5[nH]4)cc3)C2=N)CC1. The number of fused-ring (bicyclic) bond motifs is 1. The van der Waals surface area contributed by atoms with Crippen molar-refractivity contribution in [2.45, 2.75) is 32.1 Å². The minimum atomic E-state index is -0.116. The molecule has 1 saturated heterocycles. The highest BCUT2D eigenvalue weighted by molar-refractivity contribution is 8.04. The number of hydrogen-bond acceptors (Lipinski definition) is 7. The summed E-state index contributed by atoms with van der Waals surface area (Å²) in [6.07, 6.45) is 4.69. The number of benzene rings is 2. The molecule has 7 nitrogen and oxygen atoms in total. The lowest BCUT2D eigenvalue weighted by atomic mass is 9.74. The summed E-state index contributed by atoms with van der Waals surface area (Å²) in [5.41, 5.74) is 11.7. The maximum Gasteiger partial charge on any atom is 0.305 e. The first-order chi connectivity index (χ1) is 17.0. The number of anilines is 2. The Kier molecular flexibility index (Phi) is 6.81. The van der Waals surface area contributed by atoms with Crippen LogP contribution in [0, 0.1) is 23.2 Å². The number of aromatic amines is 1. The summed E-state index contributed by atoms with van der Waals surface area (Å²) in [6.45, 7) is 0. The van der Waals surface area contributed by atoms with E-state index < -0.39 is 0 Å². The molecule has 5 rings (SSSR count). The van der Waals surface area contributed by atoms with Crippen LogP contribution in [0.25, 0.3) is 16.7 Å². The van der Waals surface area contributed by atoms with Gasteiger partial charge in [0.15, 0.2) is 0 Å². The van der Waals surface area contributed by atoms with Crippen molar-refractivity contribution in [1.29, 1.82) is 5.41 Å². The van der Waals surface area contributed by atoms with Gasteiger partial charge in [-0.05, 0) is 67.3 Å². The van der Waals surface area contributed by atoms with Gasteiger partial charge in [0, 0.05) is 23.8 Å². The van der Waals surface area contributed by atoms with Gasteiger partial charge in [0.25, 0.3) is 0 Å². The molecule has 1 aliphatic heterocycles. The lowest BCUT2D eigenvalue weighted by Crippen LogP contribution is -2.27. The van der Waals surface area contributed by atoms with E-state index in [4.69, 9.17) is 15.9 Å². The molecule has 1 atom stereocenters. The number of carbonyl (C=O) groups is 1. The van der Waals surface area contributed by atoms with Crippen molar-refractivity contribution < 1.29 is 9.53 Å². The predicted molar refractivity (Wildman–Crippen MR) is 143 cm³/mol. The summed E-state index contributed by atoms with van der Waals surface area (Å²) in [7, 11) is 1.45. The maximum absolute atomic E-state index is 11.6. The number of H-pyrrole nitrogens is 1. The zero-order valence-electron chi connectivity index (χ0n) is 19.8. The number of nitrogens with one attached hydrogen (secondary N) is 3. The molecule has 182 valence electrons. The van der Waals surface area contributed by atoms with Crippen molar-refractivity contribution in [2.24, 2.45) is 23.5 Å². The maximum atomic E-state index is 11.6. The molecule has 8 heteroatoms. The smallest absolute Gasteiger partial charge is 0.305 e. The molecule has 0 bridgehead atoms. The molecule has 35 heavy (non-hydrogen) atoms. The van der Waals surface area contributed by atoms with E-state index in [2.05, 4.69) is 15.3 Å². The van der Waals surface area contributed by atoms with Crippen LogP contribution in [0.15, 0.2) is 53.4 Å². The minimum absolute atomic E-state index is 0.116. The zero-order chi connectivity index (χ0) is 24.4. The predicted octanol–water partition coefficient (Wildman–Crippen LogP) is 5.69. The molecule has 5 N–H and O–H groups in total. The van der Waals surface area contributed by atoms with Crippen LogP contribution in [0.4, 0.5) is 11.6 Å². The third kappa shape index (κ3) is 5.07. The molecule has 2 aromatic carbocycles. The van der Waals surface area contributed by atoms with Crippen LogP contribution in [-0.2, 0) is 9.53 Å². The first-order valence-electron chi connectivity index (χ1n) is 12.1. The quantitative estimate of drug-likeness (QED) is 0.331. The van der Waals surface area contributed by atoms with Crippen molar-refractivity contribution in [2.75, 3.05) is 18.2 Å². The Morgan fingerprint density at radius 1 is 1.17 bits per heavy atom. The standard InChI is InChI=1S/C27H31N5O2S/c1-34-23(33)14-16-6-8-17(9-7-16)20-15-35-26(25(20)29)24(28)18-10-12-19(13-11-18)30-27-31-21-4-2-3-5-22(21)32-27/h2-5,10-13,16-17,20,29H,6-9,14-15,28H2,1H3,(H2,30,31,32)/b26-24+,29-25?. The summed E-state index contributed by atoms with van der Waals surface area (Å²) in [6, 6.07) is 15.9. The lowest BCUT2D eigenvalue weighted by Gasteiger charge is -2.31. The number of esters is 1. The number of carbonyl (C=O) groups excluding carboxylic acids is 1. The monoisotopic (exact) mass is 489 g/mol. The molecule has 0 amide bonds. The van der Waals surface area contributed by atoms with Crippen LogP contribution < -0.4 is 11.1 Å². The minimum Gasteiger partial charge on any atom is -0.469 e. The molecule has 0 spiro atoms. The number of hydrogen-bond donors (Lipinski definition) is 4. The van der Waals surface area contributed by atoms with E-state index >= 15 is 0 Å². The summed E-state index contributed by atoms with van der Waals surface area (Å²) < 4.78 is 4.82. The Morgan fingerprint density at radius 2 is 1.91 bits per heavy atom. The third-order valence-corrected chi connectivity index (χ3v) is 8.51. The molecule has 1 aromatic heterocycles. The van der Waals surface area contributed by atoms with E-state index in [0.29, 0.717) is 35.6 Å². The summed E-state index contributed by atoms with van der Waals surface area (Å²) in [4.78, 5) is 20.3. The average molecular weight is 490 g/mol. The highest BCUT2D eigenvalue weighted by Gasteiger charge is 2.37. The average Bonchev–Trinajstić information content (AvgIpc) is 3.47. The van der Waals surface area contributed by atoms with E-state index in [1.165, 1.54) is 7.11 Å². The molecule has 1 aliphatic carbocycles. The second-order valence-electron chi connectivity index (χ2n) is 9.44. The fraction of sp³-hybridized carbons (Fsp3) is 0.370. The first kappa shape index (κ1) is 23.5. The highest BCUT2D eigenvalue weighted by Crippen LogP contribution is 2.44. The van der Waals surface area contributed by atoms with Gasteiger partial charge in [-0.1, -0.05) is 24.3 Å². The fourth-order valence-electron chi connectivity index (χ4n) is 5.22. The Hall–Kier alpha value is -3.26. The second-order valence-corrected chi connectivity index (χ2v) is 10.5. The number of imidazole rings is 1. The molecule has 1 saturated carbocycles. The molecule has 2 fully saturated rings. The number of nitrogens with zero attached hydrogens (tertiary/aromatic N) is 1. The van der Waals surface area contributed by atoms with Crippen LogP contribution >= 0.6 is 11.8 Å².